The summed E-state index contributed by atoms with van der Waals surface area (Å²) in [6, 6.07) is 14.2. The summed E-state index contributed by atoms with van der Waals surface area (Å²) in [4.78, 5) is 95.0. The molecule has 6 aliphatic rings. The summed E-state index contributed by atoms with van der Waals surface area (Å²) in [6.45, 7) is 10.2. The topological polar surface area (TPSA) is 195 Å². The van der Waals surface area contributed by atoms with Crippen LogP contribution in [0, 0.1) is 23.2 Å². The van der Waals surface area contributed by atoms with E-state index >= 15 is 0 Å². The number of imide groups is 2. The van der Waals surface area contributed by atoms with E-state index in [-0.39, 0.29) is 59.4 Å². The minimum atomic E-state index is -1.00. The molecule has 0 bridgehead atoms. The number of piperidine rings is 1. The number of hydrogen-bond acceptors (Lipinski definition) is 12. The summed E-state index contributed by atoms with van der Waals surface area (Å²) < 4.78 is 3.66. The number of pyridine rings is 3. The second-order valence-electron chi connectivity index (χ2n) is 21.1. The van der Waals surface area contributed by atoms with Gasteiger partial charge < -0.3 is 24.5 Å². The number of carbonyl (C=O) groups is 5. The van der Waals surface area contributed by atoms with Crippen molar-refractivity contribution in [2.24, 2.45) is 18.4 Å². The summed E-state index contributed by atoms with van der Waals surface area (Å²) >= 11 is 0. The van der Waals surface area contributed by atoms with Crippen LogP contribution < -0.4 is 26.0 Å². The van der Waals surface area contributed by atoms with Crippen molar-refractivity contribution >= 4 is 52.5 Å². The number of nitrogens with one attached hydrogen (secondary N) is 2. The third-order valence-electron chi connectivity index (χ3n) is 15.6. The summed E-state index contributed by atoms with van der Waals surface area (Å²) in [5.74, 6) is 5.58. The van der Waals surface area contributed by atoms with Crippen LogP contribution in [0.1, 0.15) is 113 Å². The first kappa shape index (κ1) is 46.9. The normalized spacial score (nSPS) is 22.8. The number of rotatable bonds is 8. The predicted molar refractivity (Wildman–Crippen MR) is 270 cm³/mol. The monoisotopic (exact) mass is 970 g/mol. The van der Waals surface area contributed by atoms with E-state index in [0.717, 1.165) is 68.7 Å². The highest BCUT2D eigenvalue weighted by Crippen LogP contribution is 2.41. The van der Waals surface area contributed by atoms with Crippen LogP contribution in [0.4, 0.5) is 23.0 Å². The second kappa shape index (κ2) is 18.3. The lowest BCUT2D eigenvalue weighted by Gasteiger charge is -2.45. The number of aliphatic hydroxyl groups excluding tert-OH is 1. The van der Waals surface area contributed by atoms with Gasteiger partial charge in [-0.1, -0.05) is 25.7 Å². The third-order valence-corrected chi connectivity index (χ3v) is 15.6. The van der Waals surface area contributed by atoms with Gasteiger partial charge in [-0.15, -0.1) is 0 Å². The van der Waals surface area contributed by atoms with E-state index in [1.807, 2.05) is 24.4 Å². The molecule has 0 spiro atoms. The molecule has 4 aliphatic heterocycles. The molecule has 1 unspecified atom stereocenters. The zero-order valence-electron chi connectivity index (χ0n) is 41.0. The van der Waals surface area contributed by atoms with E-state index in [1.165, 1.54) is 15.8 Å². The second-order valence-corrected chi connectivity index (χ2v) is 21.1. The van der Waals surface area contributed by atoms with Crippen LogP contribution in [0.25, 0.3) is 11.1 Å². The van der Waals surface area contributed by atoms with Gasteiger partial charge in [0.15, 0.2) is 0 Å². The lowest BCUT2D eigenvalue weighted by Crippen LogP contribution is -2.55. The van der Waals surface area contributed by atoms with Crippen molar-refractivity contribution in [3.8, 4) is 23.0 Å². The average molecular weight is 971 g/mol. The van der Waals surface area contributed by atoms with Gasteiger partial charge in [-0.2, -0.15) is 0 Å². The number of aryl methyl sites for hydroxylation is 1. The first-order chi connectivity index (χ1) is 34.6. The van der Waals surface area contributed by atoms with E-state index in [2.05, 4.69) is 62.6 Å². The molecule has 72 heavy (non-hydrogen) atoms. The molecule has 3 N–H and O–H groups in total. The van der Waals surface area contributed by atoms with E-state index < -0.39 is 29.7 Å². The van der Waals surface area contributed by atoms with Gasteiger partial charge in [-0.25, -0.2) is 9.97 Å². The molecule has 3 fully saturated rings. The van der Waals surface area contributed by atoms with Crippen molar-refractivity contribution in [2.75, 3.05) is 41.3 Å². The van der Waals surface area contributed by atoms with Gasteiger partial charge >= 0.3 is 0 Å². The molecule has 5 amide bonds. The van der Waals surface area contributed by atoms with Gasteiger partial charge in [0, 0.05) is 99.0 Å². The Kier molecular flexibility index (Phi) is 11.9. The van der Waals surface area contributed by atoms with E-state index in [1.54, 1.807) is 54.7 Å². The Balaban J connectivity index is 0.701. The fourth-order valence-corrected chi connectivity index (χ4v) is 12.0. The van der Waals surface area contributed by atoms with Crippen LogP contribution in [-0.4, -0.2) is 108 Å². The van der Waals surface area contributed by atoms with E-state index in [0.29, 0.717) is 64.4 Å². The number of amides is 5. The maximum atomic E-state index is 14.0. The number of piperazine rings is 1. The minimum absolute atomic E-state index is 0.0710. The number of hydrogen-bond donors (Lipinski definition) is 3. The lowest BCUT2D eigenvalue weighted by atomic mass is 9.85. The standard InChI is InChI=1S/C55H58N10O7/c1-32-29-61(37-10-7-33(8-11-37)5-6-34-9-13-40-41(23-34)52(70)65(51(40)69)44-14-16-48(67)59-50(44)68)19-20-62(32)38-12-15-47(57-28-38)58-43-24-36(30-60(4)53(43)71)39-17-18-56-49(42(39)31-66)64-22-21-63-45(54(64)72)25-35-26-55(2,3)27-46(35)63/h9,12-13,15,17-18,23-25,28,30,32-33,37,44,66H,7-8,10-11,14,16,19-22,26-27,29,31H2,1-4H3,(H,57,58)(H,59,67,68)/t32-,33?,37?,44?/m0/s1. The van der Waals surface area contributed by atoms with Crippen molar-refractivity contribution in [2.45, 2.75) is 103 Å². The average Bonchev–Trinajstić information content (AvgIpc) is 3.96. The molecular weight excluding hydrogens is 913 g/mol. The van der Waals surface area contributed by atoms with E-state index in [9.17, 15) is 33.9 Å². The van der Waals surface area contributed by atoms with Gasteiger partial charge in [0.25, 0.3) is 23.3 Å². The Morgan fingerprint density at radius 3 is 2.40 bits per heavy atom. The zero-order chi connectivity index (χ0) is 50.2. The molecule has 4 aromatic heterocycles. The summed E-state index contributed by atoms with van der Waals surface area (Å²) in [5, 5.41) is 16.3. The Morgan fingerprint density at radius 1 is 0.847 bits per heavy atom. The Labute approximate surface area is 417 Å². The molecule has 17 heteroatoms. The lowest BCUT2D eigenvalue weighted by molar-refractivity contribution is -0.136. The third kappa shape index (κ3) is 8.45. The Morgan fingerprint density at radius 2 is 1.65 bits per heavy atom. The Hall–Kier alpha value is -7.42. The summed E-state index contributed by atoms with van der Waals surface area (Å²) in [5.41, 5.74) is 7.38. The predicted octanol–water partition coefficient (Wildman–Crippen LogP) is 5.19. The van der Waals surface area contributed by atoms with Crippen LogP contribution in [0.3, 0.4) is 0 Å². The van der Waals surface area contributed by atoms with Gasteiger partial charge in [0.2, 0.25) is 11.8 Å². The maximum Gasteiger partial charge on any atom is 0.276 e. The molecule has 8 heterocycles. The molecule has 17 nitrogen and oxygen atoms in total. The molecule has 1 aromatic carbocycles. The molecule has 2 atom stereocenters. The number of aromatic nitrogens is 4. The number of nitrogens with zero attached hydrogens (tertiary/aromatic N) is 8. The molecule has 0 radical (unpaired) electrons. The smallest absolute Gasteiger partial charge is 0.276 e. The molecule has 1 saturated carbocycles. The zero-order valence-corrected chi connectivity index (χ0v) is 41.0. The van der Waals surface area contributed by atoms with Crippen LogP contribution in [0.5, 0.6) is 0 Å². The molecule has 2 aliphatic carbocycles. The van der Waals surface area contributed by atoms with Gasteiger partial charge in [0.1, 0.15) is 29.1 Å². The summed E-state index contributed by atoms with van der Waals surface area (Å²) in [7, 11) is 1.69. The van der Waals surface area contributed by atoms with Crippen LogP contribution in [-0.2, 0) is 42.6 Å². The van der Waals surface area contributed by atoms with Gasteiger partial charge in [0.05, 0.1) is 29.6 Å². The van der Waals surface area contributed by atoms with Crippen LogP contribution in [0.15, 0.2) is 71.9 Å². The SMILES string of the molecule is C[C@H]1CN(C2CCC(C#Cc3ccc4c(c3)C(=O)N(C3CCC(=O)NC3=O)C4=O)CC2)CCN1c1ccc(Nc2cc(-c3ccnc(N4CCn5c(cc6c5CC(C)(C)C6)C4=O)c3CO)cn(C)c2=O)nc1. The highest BCUT2D eigenvalue weighted by molar-refractivity contribution is 6.23. The first-order valence-corrected chi connectivity index (χ1v) is 25.1. The van der Waals surface area contributed by atoms with Gasteiger partial charge in [-0.05, 0) is 117 Å². The molecule has 5 aromatic rings. The largest absolute Gasteiger partial charge is 0.392 e. The highest BCUT2D eigenvalue weighted by Gasteiger charge is 2.45. The van der Waals surface area contributed by atoms with Crippen molar-refractivity contribution < 1.29 is 29.1 Å². The highest BCUT2D eigenvalue weighted by atomic mass is 16.3. The molecule has 370 valence electrons. The van der Waals surface area contributed by atoms with E-state index in [4.69, 9.17) is 4.98 Å². The maximum absolute atomic E-state index is 14.0. The fraction of sp³-hybridized carbons (Fsp3) is 0.418. The van der Waals surface area contributed by atoms with Crippen molar-refractivity contribution in [1.82, 2.24) is 34.2 Å². The Bertz CT molecular complexity index is 3210. The van der Waals surface area contributed by atoms with Crippen LogP contribution >= 0.6 is 0 Å². The fourth-order valence-electron chi connectivity index (χ4n) is 12.0. The minimum Gasteiger partial charge on any atom is -0.392 e. The summed E-state index contributed by atoms with van der Waals surface area (Å²) in [6.07, 6.45) is 11.3. The molecule has 2 saturated heterocycles. The number of aliphatic hydroxyl groups is 1. The van der Waals surface area contributed by atoms with Crippen molar-refractivity contribution in [3.63, 3.8) is 0 Å². The van der Waals surface area contributed by atoms with Crippen LogP contribution in [0.2, 0.25) is 0 Å². The number of benzene rings is 1. The van der Waals surface area contributed by atoms with Crippen molar-refractivity contribution in [3.05, 3.63) is 117 Å². The quantitative estimate of drug-likeness (QED) is 0.136. The number of anilines is 4. The van der Waals surface area contributed by atoms with Crippen molar-refractivity contribution in [1.29, 1.82) is 0 Å². The first-order valence-electron chi connectivity index (χ1n) is 25.1. The number of fused-ring (bicyclic) bond motifs is 4. The number of carbonyl (C=O) groups excluding carboxylic acids is 5. The molecular formula is C55H58N10O7. The molecule has 11 rings (SSSR count). The van der Waals surface area contributed by atoms with Gasteiger partial charge in [-0.3, -0.25) is 48.8 Å².